The summed E-state index contributed by atoms with van der Waals surface area (Å²) in [5.74, 6) is 0.135. The number of rotatable bonds is 5. The fourth-order valence-electron chi connectivity index (χ4n) is 1.42. The molecule has 1 aromatic rings. The van der Waals surface area contributed by atoms with Crippen molar-refractivity contribution in [2.75, 3.05) is 0 Å². The minimum atomic E-state index is -0.279. The number of nitrogens with two attached hydrogens (primary N) is 2. The van der Waals surface area contributed by atoms with E-state index in [2.05, 4.69) is 13.8 Å². The monoisotopic (exact) mass is 209 g/mol. The number of carbonyl (C=O) groups excluding carboxylic acids is 1. The molecule has 1 unspecified atom stereocenters. The number of carbonyl (C=O) groups is 1. The Kier molecular flexibility index (Phi) is 3.91. The van der Waals surface area contributed by atoms with Gasteiger partial charge in [-0.1, -0.05) is 13.8 Å². The first-order valence-corrected chi connectivity index (χ1v) is 5.20. The highest BCUT2D eigenvalue weighted by atomic mass is 16.1. The molecule has 0 fully saturated rings. The van der Waals surface area contributed by atoms with Crippen LogP contribution in [0.25, 0.3) is 0 Å². The van der Waals surface area contributed by atoms with Gasteiger partial charge in [-0.3, -0.25) is 4.79 Å². The molecule has 84 valence electrons. The third kappa shape index (κ3) is 3.40. The Bertz CT molecular complexity index is 330. The van der Waals surface area contributed by atoms with Crippen LogP contribution in [-0.4, -0.2) is 10.5 Å². The Morgan fingerprint density at radius 3 is 2.73 bits per heavy atom. The molecule has 0 radical (unpaired) electrons. The molecule has 4 heteroatoms. The van der Waals surface area contributed by atoms with E-state index in [9.17, 15) is 4.79 Å². The SMILES string of the molecule is CC(C)C(N)c1ccn(CCC(N)=O)c1. The molecule has 1 heterocycles. The van der Waals surface area contributed by atoms with E-state index in [0.29, 0.717) is 18.9 Å². The van der Waals surface area contributed by atoms with E-state index in [4.69, 9.17) is 11.5 Å². The largest absolute Gasteiger partial charge is 0.370 e. The molecule has 0 aliphatic heterocycles. The molecule has 1 rings (SSSR count). The van der Waals surface area contributed by atoms with E-state index in [1.54, 1.807) is 0 Å². The van der Waals surface area contributed by atoms with Gasteiger partial charge in [0.25, 0.3) is 0 Å². The van der Waals surface area contributed by atoms with Crippen LogP contribution >= 0.6 is 0 Å². The summed E-state index contributed by atoms with van der Waals surface area (Å²) in [5.41, 5.74) is 12.2. The number of nitrogens with zero attached hydrogens (tertiary/aromatic N) is 1. The van der Waals surface area contributed by atoms with Gasteiger partial charge in [-0.05, 0) is 17.5 Å². The second kappa shape index (κ2) is 4.98. The number of primary amides is 1. The minimum absolute atomic E-state index is 0.0554. The van der Waals surface area contributed by atoms with E-state index in [1.165, 1.54) is 0 Å². The van der Waals surface area contributed by atoms with Crippen LogP contribution in [0.15, 0.2) is 18.5 Å². The fourth-order valence-corrected chi connectivity index (χ4v) is 1.42. The third-order valence-corrected chi connectivity index (χ3v) is 2.49. The lowest BCUT2D eigenvalue weighted by Crippen LogP contribution is -2.16. The second-order valence-electron chi connectivity index (χ2n) is 4.17. The van der Waals surface area contributed by atoms with Gasteiger partial charge in [-0.25, -0.2) is 0 Å². The first kappa shape index (κ1) is 11.8. The first-order valence-electron chi connectivity index (χ1n) is 5.20. The molecule has 0 saturated carbocycles. The maximum absolute atomic E-state index is 10.6. The van der Waals surface area contributed by atoms with Crippen LogP contribution in [0, 0.1) is 5.92 Å². The Morgan fingerprint density at radius 1 is 1.53 bits per heavy atom. The maximum atomic E-state index is 10.6. The van der Waals surface area contributed by atoms with Crippen LogP contribution in [0.5, 0.6) is 0 Å². The molecule has 0 aliphatic carbocycles. The zero-order valence-corrected chi connectivity index (χ0v) is 9.31. The van der Waals surface area contributed by atoms with Gasteiger partial charge in [0, 0.05) is 31.4 Å². The summed E-state index contributed by atoms with van der Waals surface area (Å²) in [4.78, 5) is 10.6. The molecule has 1 amide bonds. The lowest BCUT2D eigenvalue weighted by atomic mass is 10.00. The third-order valence-electron chi connectivity index (χ3n) is 2.49. The average Bonchev–Trinajstić information content (AvgIpc) is 2.61. The van der Waals surface area contributed by atoms with Crippen molar-refractivity contribution in [3.63, 3.8) is 0 Å². The summed E-state index contributed by atoms with van der Waals surface area (Å²) in [5, 5.41) is 0. The van der Waals surface area contributed by atoms with Crippen LogP contribution in [0.3, 0.4) is 0 Å². The summed E-state index contributed by atoms with van der Waals surface area (Å²) >= 11 is 0. The van der Waals surface area contributed by atoms with Gasteiger partial charge in [0.05, 0.1) is 0 Å². The number of amides is 1. The van der Waals surface area contributed by atoms with Crippen molar-refractivity contribution in [2.45, 2.75) is 32.9 Å². The number of hydrogen-bond acceptors (Lipinski definition) is 2. The van der Waals surface area contributed by atoms with E-state index in [0.717, 1.165) is 5.56 Å². The highest BCUT2D eigenvalue weighted by Gasteiger charge is 2.11. The lowest BCUT2D eigenvalue weighted by Gasteiger charge is -2.13. The minimum Gasteiger partial charge on any atom is -0.370 e. The molecule has 0 aromatic carbocycles. The number of hydrogen-bond donors (Lipinski definition) is 2. The van der Waals surface area contributed by atoms with E-state index in [-0.39, 0.29) is 11.9 Å². The van der Waals surface area contributed by atoms with Crippen molar-refractivity contribution < 1.29 is 4.79 Å². The van der Waals surface area contributed by atoms with Gasteiger partial charge < -0.3 is 16.0 Å². The first-order chi connectivity index (χ1) is 7.00. The highest BCUT2D eigenvalue weighted by molar-refractivity contribution is 5.73. The van der Waals surface area contributed by atoms with Crippen molar-refractivity contribution in [1.82, 2.24) is 4.57 Å². The Labute approximate surface area is 90.2 Å². The summed E-state index contributed by atoms with van der Waals surface area (Å²) in [6.07, 6.45) is 4.28. The number of aromatic nitrogens is 1. The number of aryl methyl sites for hydroxylation is 1. The smallest absolute Gasteiger partial charge is 0.219 e. The molecule has 1 aromatic heterocycles. The van der Waals surface area contributed by atoms with Crippen molar-refractivity contribution >= 4 is 5.91 Å². The predicted molar refractivity (Wildman–Crippen MR) is 60.0 cm³/mol. The molecule has 1 atom stereocenters. The molecule has 0 saturated heterocycles. The van der Waals surface area contributed by atoms with Gasteiger partial charge in [-0.2, -0.15) is 0 Å². The van der Waals surface area contributed by atoms with Crippen molar-refractivity contribution in [3.05, 3.63) is 24.0 Å². The Morgan fingerprint density at radius 2 is 2.20 bits per heavy atom. The predicted octanol–water partition coefficient (Wildman–Crippen LogP) is 1.02. The molecule has 0 aliphatic rings. The normalized spacial score (nSPS) is 13.1. The van der Waals surface area contributed by atoms with Gasteiger partial charge in [0.1, 0.15) is 0 Å². The van der Waals surface area contributed by atoms with Crippen LogP contribution in [0.1, 0.15) is 31.9 Å². The van der Waals surface area contributed by atoms with E-state index in [1.807, 2.05) is 23.0 Å². The van der Waals surface area contributed by atoms with Crippen molar-refractivity contribution in [1.29, 1.82) is 0 Å². The molecule has 4 nitrogen and oxygen atoms in total. The van der Waals surface area contributed by atoms with Crippen molar-refractivity contribution in [3.8, 4) is 0 Å². The fraction of sp³-hybridized carbons (Fsp3) is 0.545. The highest BCUT2D eigenvalue weighted by Crippen LogP contribution is 2.18. The average molecular weight is 209 g/mol. The van der Waals surface area contributed by atoms with Crippen LogP contribution in [-0.2, 0) is 11.3 Å². The van der Waals surface area contributed by atoms with Crippen LogP contribution in [0.4, 0.5) is 0 Å². The molecular formula is C11H19N3O. The zero-order valence-electron chi connectivity index (χ0n) is 9.31. The molecule has 0 bridgehead atoms. The molecule has 0 spiro atoms. The molecule has 15 heavy (non-hydrogen) atoms. The lowest BCUT2D eigenvalue weighted by molar-refractivity contribution is -0.118. The maximum Gasteiger partial charge on any atom is 0.219 e. The van der Waals surface area contributed by atoms with Crippen molar-refractivity contribution in [2.24, 2.45) is 17.4 Å². The summed E-state index contributed by atoms with van der Waals surface area (Å²) in [7, 11) is 0. The second-order valence-corrected chi connectivity index (χ2v) is 4.17. The van der Waals surface area contributed by atoms with Gasteiger partial charge in [0.15, 0.2) is 0 Å². The molecule has 4 N–H and O–H groups in total. The van der Waals surface area contributed by atoms with Gasteiger partial charge in [0.2, 0.25) is 5.91 Å². The standard InChI is InChI=1S/C11H19N3O/c1-8(2)11(13)9-3-5-14(7-9)6-4-10(12)15/h3,5,7-8,11H,4,6,13H2,1-2H3,(H2,12,15). The zero-order chi connectivity index (χ0) is 11.4. The van der Waals surface area contributed by atoms with Crippen LogP contribution < -0.4 is 11.5 Å². The summed E-state index contributed by atoms with van der Waals surface area (Å²) in [6.45, 7) is 4.80. The summed E-state index contributed by atoms with van der Waals surface area (Å²) < 4.78 is 1.95. The molecular weight excluding hydrogens is 190 g/mol. The Balaban J connectivity index is 2.60. The topological polar surface area (TPSA) is 74.0 Å². The summed E-state index contributed by atoms with van der Waals surface area (Å²) in [6, 6.07) is 2.05. The van der Waals surface area contributed by atoms with Gasteiger partial charge in [-0.15, -0.1) is 0 Å². The van der Waals surface area contributed by atoms with Crippen LogP contribution in [0.2, 0.25) is 0 Å². The van der Waals surface area contributed by atoms with E-state index >= 15 is 0 Å². The van der Waals surface area contributed by atoms with Gasteiger partial charge >= 0.3 is 0 Å². The van der Waals surface area contributed by atoms with E-state index < -0.39 is 0 Å². The Hall–Kier alpha value is -1.29. The quantitative estimate of drug-likeness (QED) is 0.759.